The summed E-state index contributed by atoms with van der Waals surface area (Å²) in [6.07, 6.45) is 3.24. The van der Waals surface area contributed by atoms with Gasteiger partial charge in [0.1, 0.15) is 5.75 Å². The summed E-state index contributed by atoms with van der Waals surface area (Å²) in [6.45, 7) is 5.78. The summed E-state index contributed by atoms with van der Waals surface area (Å²) in [6, 6.07) is 8.06. The number of primary amides is 1. The fourth-order valence-corrected chi connectivity index (χ4v) is 4.23. The molecule has 1 aromatic rings. The van der Waals surface area contributed by atoms with Crippen LogP contribution in [0.2, 0.25) is 0 Å². The maximum atomic E-state index is 11.8. The second-order valence-electron chi connectivity index (χ2n) is 8.15. The number of hydrogen-bond acceptors (Lipinski definition) is 5. The number of carbonyl (C=O) groups is 1. The Morgan fingerprint density at radius 1 is 1.19 bits per heavy atom. The van der Waals surface area contributed by atoms with Crippen LogP contribution in [0.15, 0.2) is 24.3 Å². The van der Waals surface area contributed by atoms with E-state index in [1.807, 2.05) is 19.1 Å². The summed E-state index contributed by atoms with van der Waals surface area (Å²) in [5.41, 5.74) is 5.58. The van der Waals surface area contributed by atoms with Gasteiger partial charge in [0.15, 0.2) is 0 Å². The Kier molecular flexibility index (Phi) is 5.44. The molecule has 2 aliphatic heterocycles. The number of rotatable bonds is 5. The Morgan fingerprint density at radius 3 is 2.42 bits per heavy atom. The van der Waals surface area contributed by atoms with Gasteiger partial charge in [-0.3, -0.25) is 9.69 Å². The molecule has 0 saturated carbocycles. The number of amides is 1. The lowest BCUT2D eigenvalue weighted by molar-refractivity contribution is -0.131. The number of methoxy groups -OCH3 is 1. The fraction of sp³-hybridized carbons (Fsp3) is 0.650. The van der Waals surface area contributed by atoms with E-state index in [2.05, 4.69) is 21.9 Å². The second-order valence-corrected chi connectivity index (χ2v) is 8.15. The van der Waals surface area contributed by atoms with Gasteiger partial charge >= 0.3 is 0 Å². The van der Waals surface area contributed by atoms with Crippen molar-refractivity contribution >= 4 is 11.6 Å². The predicted molar refractivity (Wildman–Crippen MR) is 102 cm³/mol. The minimum Gasteiger partial charge on any atom is -0.497 e. The van der Waals surface area contributed by atoms with Crippen molar-refractivity contribution in [3.8, 4) is 5.75 Å². The number of hydrogen-bond donors (Lipinski definition) is 2. The van der Waals surface area contributed by atoms with E-state index in [4.69, 9.17) is 10.5 Å². The highest BCUT2D eigenvalue weighted by molar-refractivity contribution is 5.80. The number of anilines is 1. The average Bonchev–Trinajstić information content (AvgIpc) is 2.62. The Labute approximate surface area is 155 Å². The molecule has 6 heteroatoms. The first-order chi connectivity index (χ1) is 12.3. The number of ether oxygens (including phenoxy) is 1. The van der Waals surface area contributed by atoms with Crippen LogP contribution in [0.25, 0.3) is 0 Å². The first kappa shape index (κ1) is 19.0. The van der Waals surface area contributed by atoms with Gasteiger partial charge in [-0.05, 0) is 63.4 Å². The Hall–Kier alpha value is -1.79. The van der Waals surface area contributed by atoms with Gasteiger partial charge in [-0.2, -0.15) is 0 Å². The van der Waals surface area contributed by atoms with Gasteiger partial charge in [0.05, 0.1) is 18.1 Å². The molecule has 3 rings (SSSR count). The molecule has 0 aliphatic carbocycles. The Bertz CT molecular complexity index is 626. The van der Waals surface area contributed by atoms with Crippen LogP contribution in [-0.4, -0.2) is 61.3 Å². The van der Waals surface area contributed by atoms with E-state index < -0.39 is 11.0 Å². The zero-order valence-electron chi connectivity index (χ0n) is 15.9. The van der Waals surface area contributed by atoms with Gasteiger partial charge in [-0.15, -0.1) is 0 Å². The summed E-state index contributed by atoms with van der Waals surface area (Å²) in [4.78, 5) is 16.3. The van der Waals surface area contributed by atoms with E-state index in [1.54, 1.807) is 7.11 Å². The number of likely N-dealkylation sites (tertiary alicyclic amines) is 1. The topological polar surface area (TPSA) is 79.0 Å². The molecule has 0 spiro atoms. The lowest BCUT2D eigenvalue weighted by Gasteiger charge is -2.45. The molecule has 1 aromatic carbocycles. The van der Waals surface area contributed by atoms with E-state index in [0.717, 1.165) is 56.8 Å². The van der Waals surface area contributed by atoms with Gasteiger partial charge in [-0.1, -0.05) is 0 Å². The molecular weight excluding hydrogens is 330 g/mol. The average molecular weight is 361 g/mol. The van der Waals surface area contributed by atoms with Gasteiger partial charge in [0.25, 0.3) is 0 Å². The van der Waals surface area contributed by atoms with Crippen LogP contribution in [0.3, 0.4) is 0 Å². The summed E-state index contributed by atoms with van der Waals surface area (Å²) < 4.78 is 5.21. The van der Waals surface area contributed by atoms with Crippen molar-refractivity contribution in [1.82, 2.24) is 4.90 Å². The van der Waals surface area contributed by atoms with Crippen molar-refractivity contribution in [1.29, 1.82) is 0 Å². The zero-order chi connectivity index (χ0) is 18.8. The number of nitrogens with two attached hydrogens (primary N) is 1. The summed E-state index contributed by atoms with van der Waals surface area (Å²) in [7, 11) is 1.67. The number of aliphatic hydroxyl groups is 1. The monoisotopic (exact) mass is 361 g/mol. The van der Waals surface area contributed by atoms with Crippen LogP contribution in [0, 0.1) is 5.41 Å². The molecule has 2 heterocycles. The Morgan fingerprint density at radius 2 is 1.85 bits per heavy atom. The third-order valence-electron chi connectivity index (χ3n) is 6.02. The summed E-state index contributed by atoms with van der Waals surface area (Å²) in [5, 5.41) is 11.1. The van der Waals surface area contributed by atoms with Crippen molar-refractivity contribution in [3.63, 3.8) is 0 Å². The smallest absolute Gasteiger partial charge is 0.224 e. The molecular formula is C20H31N3O3. The summed E-state index contributed by atoms with van der Waals surface area (Å²) in [5.74, 6) is 0.619. The minimum atomic E-state index is -0.696. The molecule has 144 valence electrons. The van der Waals surface area contributed by atoms with Crippen LogP contribution in [0.5, 0.6) is 5.75 Å². The molecule has 6 nitrogen and oxygen atoms in total. The molecule has 0 aromatic heterocycles. The highest BCUT2D eigenvalue weighted by atomic mass is 16.5. The second kappa shape index (κ2) is 7.45. The van der Waals surface area contributed by atoms with Gasteiger partial charge in [-0.25, -0.2) is 0 Å². The molecule has 3 N–H and O–H groups in total. The molecule has 0 radical (unpaired) electrons. The van der Waals surface area contributed by atoms with Crippen molar-refractivity contribution in [2.24, 2.45) is 11.1 Å². The maximum absolute atomic E-state index is 11.8. The molecule has 2 saturated heterocycles. The van der Waals surface area contributed by atoms with E-state index in [-0.39, 0.29) is 5.91 Å². The summed E-state index contributed by atoms with van der Waals surface area (Å²) >= 11 is 0. The van der Waals surface area contributed by atoms with Crippen molar-refractivity contribution < 1.29 is 14.6 Å². The first-order valence-electron chi connectivity index (χ1n) is 9.47. The van der Waals surface area contributed by atoms with E-state index in [0.29, 0.717) is 13.1 Å². The molecule has 1 amide bonds. The highest BCUT2D eigenvalue weighted by Gasteiger charge is 2.40. The van der Waals surface area contributed by atoms with Crippen LogP contribution in [-0.2, 0) is 4.79 Å². The molecule has 0 unspecified atom stereocenters. The number of β-amino-alcohol motifs (C(OH)–C–C–N with tert-alkyl or cyclic N) is 1. The van der Waals surface area contributed by atoms with Crippen LogP contribution in [0.1, 0.15) is 32.6 Å². The van der Waals surface area contributed by atoms with Gasteiger partial charge in [0.2, 0.25) is 5.91 Å². The number of piperidine rings is 2. The van der Waals surface area contributed by atoms with E-state index in [1.165, 1.54) is 0 Å². The largest absolute Gasteiger partial charge is 0.497 e. The predicted octanol–water partition coefficient (Wildman–Crippen LogP) is 1.61. The van der Waals surface area contributed by atoms with Crippen molar-refractivity contribution in [3.05, 3.63) is 24.3 Å². The van der Waals surface area contributed by atoms with Gasteiger partial charge in [0, 0.05) is 31.9 Å². The zero-order valence-corrected chi connectivity index (χ0v) is 15.9. The normalized spacial score (nSPS) is 26.5. The number of nitrogens with zero attached hydrogens (tertiary/aromatic N) is 2. The number of carbonyl (C=O) groups excluding carboxylic acids is 1. The maximum Gasteiger partial charge on any atom is 0.224 e. The molecule has 26 heavy (non-hydrogen) atoms. The van der Waals surface area contributed by atoms with Crippen molar-refractivity contribution in [2.45, 2.75) is 38.2 Å². The third-order valence-corrected chi connectivity index (χ3v) is 6.02. The lowest BCUT2D eigenvalue weighted by Crippen LogP contribution is -2.55. The molecule has 0 bridgehead atoms. The standard InChI is InChI=1S/C20H31N3O3/c1-19(18(21)24)8-3-11-22(14-19)15-20(25)9-12-23(13-10-20)16-4-6-17(26-2)7-5-16/h4-7,25H,3,8-15H2,1-2H3,(H2,21,24)/t19-/m0/s1. The first-order valence-corrected chi connectivity index (χ1v) is 9.47. The van der Waals surface area contributed by atoms with Crippen LogP contribution >= 0.6 is 0 Å². The van der Waals surface area contributed by atoms with E-state index >= 15 is 0 Å². The highest BCUT2D eigenvalue weighted by Crippen LogP contribution is 2.33. The van der Waals surface area contributed by atoms with Crippen molar-refractivity contribution in [2.75, 3.05) is 44.7 Å². The number of benzene rings is 1. The Balaban J connectivity index is 1.56. The third kappa shape index (κ3) is 4.13. The SMILES string of the molecule is COc1ccc(N2CCC(O)(CN3CCC[C@](C)(C(N)=O)C3)CC2)cc1. The van der Waals surface area contributed by atoms with Crippen LogP contribution < -0.4 is 15.4 Å². The molecule has 2 fully saturated rings. The fourth-order valence-electron chi connectivity index (χ4n) is 4.23. The van der Waals surface area contributed by atoms with E-state index in [9.17, 15) is 9.90 Å². The minimum absolute atomic E-state index is 0.233. The van der Waals surface area contributed by atoms with Crippen LogP contribution in [0.4, 0.5) is 5.69 Å². The lowest BCUT2D eigenvalue weighted by atomic mass is 9.80. The quantitative estimate of drug-likeness (QED) is 0.833. The molecule has 2 aliphatic rings. The molecule has 1 atom stereocenters. The van der Waals surface area contributed by atoms with Gasteiger partial charge < -0.3 is 20.5 Å².